The Kier molecular flexibility index (Phi) is 7.56. The Hall–Kier alpha value is -1.56. The van der Waals surface area contributed by atoms with Gasteiger partial charge in [0.1, 0.15) is 17.6 Å². The number of hydrogen-bond donors (Lipinski definition) is 2. The fourth-order valence-electron chi connectivity index (χ4n) is 2.86. The van der Waals surface area contributed by atoms with Crippen LogP contribution in [0.1, 0.15) is 26.2 Å². The maximum absolute atomic E-state index is 5.93. The Morgan fingerprint density at radius 2 is 2.17 bits per heavy atom. The Balaban J connectivity index is 1.76. The van der Waals surface area contributed by atoms with Crippen molar-refractivity contribution in [2.24, 2.45) is 4.99 Å². The maximum Gasteiger partial charge on any atom is 0.191 e. The molecule has 0 aliphatic heterocycles. The number of methoxy groups -OCH3 is 1. The first kappa shape index (κ1) is 18.8. The summed E-state index contributed by atoms with van der Waals surface area (Å²) in [4.78, 5) is 4.32. The van der Waals surface area contributed by atoms with Gasteiger partial charge in [-0.15, -0.1) is 0 Å². The Bertz CT molecular complexity index is 539. The maximum atomic E-state index is 5.93. The summed E-state index contributed by atoms with van der Waals surface area (Å²) in [6, 6.07) is 8.18. The highest BCUT2D eigenvalue weighted by Gasteiger charge is 2.24. The first-order valence-electron chi connectivity index (χ1n) is 8.45. The van der Waals surface area contributed by atoms with Gasteiger partial charge in [-0.05, 0) is 44.6 Å². The normalized spacial score (nSPS) is 22.1. The van der Waals surface area contributed by atoms with Gasteiger partial charge in [-0.2, -0.15) is 11.8 Å². The molecular weight excluding hydrogens is 322 g/mol. The molecule has 6 heteroatoms. The molecule has 1 aromatic carbocycles. The molecule has 5 nitrogen and oxygen atoms in total. The van der Waals surface area contributed by atoms with Crippen LogP contribution >= 0.6 is 11.8 Å². The van der Waals surface area contributed by atoms with Gasteiger partial charge in [0.25, 0.3) is 0 Å². The second-order valence-electron chi connectivity index (χ2n) is 6.07. The van der Waals surface area contributed by atoms with E-state index >= 15 is 0 Å². The highest BCUT2D eigenvalue weighted by Crippen LogP contribution is 2.28. The summed E-state index contributed by atoms with van der Waals surface area (Å²) in [5.74, 6) is 2.46. The van der Waals surface area contributed by atoms with Crippen molar-refractivity contribution >= 4 is 17.7 Å². The van der Waals surface area contributed by atoms with Gasteiger partial charge in [0, 0.05) is 24.4 Å². The van der Waals surface area contributed by atoms with Gasteiger partial charge in [-0.3, -0.25) is 4.99 Å². The average Bonchev–Trinajstić information content (AvgIpc) is 3.06. The third-order valence-electron chi connectivity index (χ3n) is 4.22. The lowest BCUT2D eigenvalue weighted by atomic mass is 10.2. The smallest absolute Gasteiger partial charge is 0.191 e. The van der Waals surface area contributed by atoms with Crippen molar-refractivity contribution in [3.8, 4) is 11.5 Å². The molecule has 1 aliphatic carbocycles. The van der Waals surface area contributed by atoms with Crippen molar-refractivity contribution in [1.29, 1.82) is 0 Å². The summed E-state index contributed by atoms with van der Waals surface area (Å²) in [6.45, 7) is 2.73. The van der Waals surface area contributed by atoms with Crippen LogP contribution in [-0.2, 0) is 0 Å². The molecule has 0 bridgehead atoms. The molecule has 134 valence electrons. The molecule has 0 radical (unpaired) electrons. The van der Waals surface area contributed by atoms with Crippen LogP contribution in [0.2, 0.25) is 0 Å². The monoisotopic (exact) mass is 351 g/mol. The molecular formula is C18H29N3O2S. The number of rotatable bonds is 7. The molecule has 1 aromatic rings. The molecule has 24 heavy (non-hydrogen) atoms. The van der Waals surface area contributed by atoms with E-state index in [1.165, 1.54) is 19.3 Å². The van der Waals surface area contributed by atoms with Crippen LogP contribution in [0.15, 0.2) is 29.3 Å². The van der Waals surface area contributed by atoms with Crippen LogP contribution in [0, 0.1) is 0 Å². The summed E-state index contributed by atoms with van der Waals surface area (Å²) in [5.41, 5.74) is 0. The zero-order valence-electron chi connectivity index (χ0n) is 15.0. The van der Waals surface area contributed by atoms with E-state index in [0.29, 0.717) is 12.6 Å². The van der Waals surface area contributed by atoms with Crippen molar-refractivity contribution in [2.75, 3.05) is 27.0 Å². The molecule has 2 N–H and O–H groups in total. The summed E-state index contributed by atoms with van der Waals surface area (Å²) < 4.78 is 11.1. The lowest BCUT2D eigenvalue weighted by Crippen LogP contribution is -2.45. The van der Waals surface area contributed by atoms with Crippen LogP contribution in [0.4, 0.5) is 0 Å². The van der Waals surface area contributed by atoms with Crippen LogP contribution in [0.5, 0.6) is 11.5 Å². The van der Waals surface area contributed by atoms with Crippen molar-refractivity contribution in [3.05, 3.63) is 24.3 Å². The van der Waals surface area contributed by atoms with Gasteiger partial charge < -0.3 is 20.1 Å². The summed E-state index contributed by atoms with van der Waals surface area (Å²) in [7, 11) is 3.47. The molecule has 1 saturated carbocycles. The Morgan fingerprint density at radius 3 is 2.83 bits per heavy atom. The minimum absolute atomic E-state index is 0.0261. The van der Waals surface area contributed by atoms with Crippen LogP contribution < -0.4 is 20.1 Å². The topological polar surface area (TPSA) is 54.9 Å². The van der Waals surface area contributed by atoms with Gasteiger partial charge in [-0.25, -0.2) is 0 Å². The number of hydrogen-bond acceptors (Lipinski definition) is 4. The second kappa shape index (κ2) is 9.67. The molecule has 0 spiro atoms. The van der Waals surface area contributed by atoms with Crippen molar-refractivity contribution in [1.82, 2.24) is 10.6 Å². The first-order chi connectivity index (χ1) is 11.6. The first-order valence-corrected chi connectivity index (χ1v) is 9.74. The average molecular weight is 352 g/mol. The SMILES string of the molecule is CN=C(NCC(C)Oc1cccc(OC)c1)NC1CCC(SC)C1. The van der Waals surface area contributed by atoms with Gasteiger partial charge in [-0.1, -0.05) is 6.07 Å². The Labute approximate surface area is 149 Å². The zero-order valence-corrected chi connectivity index (χ0v) is 15.9. The highest BCUT2D eigenvalue weighted by molar-refractivity contribution is 7.99. The molecule has 1 aliphatic rings. The Morgan fingerprint density at radius 1 is 1.38 bits per heavy atom. The van der Waals surface area contributed by atoms with E-state index in [-0.39, 0.29) is 6.10 Å². The summed E-state index contributed by atoms with van der Waals surface area (Å²) in [6.07, 6.45) is 5.92. The van der Waals surface area contributed by atoms with Gasteiger partial charge in [0.05, 0.1) is 13.7 Å². The van der Waals surface area contributed by atoms with E-state index < -0.39 is 0 Å². The fourth-order valence-corrected chi connectivity index (χ4v) is 3.66. The van der Waals surface area contributed by atoms with Gasteiger partial charge >= 0.3 is 0 Å². The van der Waals surface area contributed by atoms with Gasteiger partial charge in [0.2, 0.25) is 0 Å². The lowest BCUT2D eigenvalue weighted by Gasteiger charge is -2.20. The predicted molar refractivity (Wildman–Crippen MR) is 103 cm³/mol. The third-order valence-corrected chi connectivity index (χ3v) is 5.31. The van der Waals surface area contributed by atoms with Crippen molar-refractivity contribution in [2.45, 2.75) is 43.6 Å². The molecule has 0 aromatic heterocycles. The minimum atomic E-state index is 0.0261. The van der Waals surface area contributed by atoms with Crippen molar-refractivity contribution in [3.63, 3.8) is 0 Å². The predicted octanol–water partition coefficient (Wildman–Crippen LogP) is 2.91. The standard InChI is InChI=1S/C18H29N3O2S/c1-13(23-16-7-5-6-15(11-16)22-3)12-20-18(19-2)21-14-8-9-17(10-14)24-4/h5-7,11,13-14,17H,8-10,12H2,1-4H3,(H2,19,20,21). The number of benzene rings is 1. The summed E-state index contributed by atoms with van der Waals surface area (Å²) in [5, 5.41) is 7.65. The highest BCUT2D eigenvalue weighted by atomic mass is 32.2. The van der Waals surface area contributed by atoms with Crippen molar-refractivity contribution < 1.29 is 9.47 Å². The quantitative estimate of drug-likeness (QED) is 0.584. The largest absolute Gasteiger partial charge is 0.497 e. The van der Waals surface area contributed by atoms with Gasteiger partial charge in [0.15, 0.2) is 5.96 Å². The number of nitrogens with one attached hydrogen (secondary N) is 2. The van der Waals surface area contributed by atoms with E-state index in [1.54, 1.807) is 7.11 Å². The second-order valence-corrected chi connectivity index (χ2v) is 7.21. The van der Waals surface area contributed by atoms with Crippen LogP contribution in [0.3, 0.4) is 0 Å². The molecule has 3 unspecified atom stereocenters. The van der Waals surface area contributed by atoms with E-state index in [9.17, 15) is 0 Å². The van der Waals surface area contributed by atoms with E-state index in [2.05, 4.69) is 21.9 Å². The fraction of sp³-hybridized carbons (Fsp3) is 0.611. The molecule has 0 saturated heterocycles. The van der Waals surface area contributed by atoms with E-state index in [0.717, 1.165) is 22.7 Å². The van der Waals surface area contributed by atoms with Crippen LogP contribution in [0.25, 0.3) is 0 Å². The number of aliphatic imine (C=N–C) groups is 1. The zero-order chi connectivity index (χ0) is 17.4. The molecule has 2 rings (SSSR count). The molecule has 1 fully saturated rings. The molecule has 3 atom stereocenters. The number of guanidine groups is 1. The van der Waals surface area contributed by atoms with Crippen LogP contribution in [-0.4, -0.2) is 50.3 Å². The molecule has 0 heterocycles. The minimum Gasteiger partial charge on any atom is -0.497 e. The third kappa shape index (κ3) is 5.82. The van der Waals surface area contributed by atoms with E-state index in [1.807, 2.05) is 50.0 Å². The summed E-state index contributed by atoms with van der Waals surface area (Å²) >= 11 is 1.96. The van der Waals surface area contributed by atoms with E-state index in [4.69, 9.17) is 9.47 Å². The number of nitrogens with zero attached hydrogens (tertiary/aromatic N) is 1. The molecule has 0 amide bonds. The number of thioether (sulfide) groups is 1. The lowest BCUT2D eigenvalue weighted by molar-refractivity contribution is 0.222. The number of ether oxygens (including phenoxy) is 2.